The van der Waals surface area contributed by atoms with E-state index in [0.29, 0.717) is 55.6 Å². The minimum absolute atomic E-state index is 0.109. The monoisotopic (exact) mass is 459 g/mol. The summed E-state index contributed by atoms with van der Waals surface area (Å²) in [5.41, 5.74) is 1.40. The van der Waals surface area contributed by atoms with Crippen molar-refractivity contribution in [2.75, 3.05) is 39.3 Å². The average Bonchev–Trinajstić information content (AvgIpc) is 2.77. The molecular formula is C25H31ClFN3O2. The van der Waals surface area contributed by atoms with Crippen LogP contribution in [-0.4, -0.2) is 65.8 Å². The van der Waals surface area contributed by atoms with E-state index < -0.39 is 0 Å². The Morgan fingerprint density at radius 1 is 1.06 bits per heavy atom. The van der Waals surface area contributed by atoms with Crippen molar-refractivity contribution in [2.45, 2.75) is 26.8 Å². The van der Waals surface area contributed by atoms with Gasteiger partial charge >= 0.3 is 0 Å². The van der Waals surface area contributed by atoms with Crippen LogP contribution >= 0.6 is 11.6 Å². The lowest BCUT2D eigenvalue weighted by molar-refractivity contribution is -0.133. The lowest BCUT2D eigenvalue weighted by Crippen LogP contribution is -2.50. The van der Waals surface area contributed by atoms with E-state index in [2.05, 4.69) is 18.7 Å². The third-order valence-corrected chi connectivity index (χ3v) is 5.87. The molecule has 2 aromatic carbocycles. The van der Waals surface area contributed by atoms with Gasteiger partial charge in [-0.3, -0.25) is 14.5 Å². The van der Waals surface area contributed by atoms with Gasteiger partial charge in [-0.2, -0.15) is 0 Å². The maximum Gasteiger partial charge on any atom is 0.254 e. The number of benzene rings is 2. The Bertz CT molecular complexity index is 912. The van der Waals surface area contributed by atoms with Crippen LogP contribution in [-0.2, 0) is 11.3 Å². The van der Waals surface area contributed by atoms with Crippen molar-refractivity contribution >= 4 is 23.4 Å². The highest BCUT2D eigenvalue weighted by atomic mass is 35.5. The van der Waals surface area contributed by atoms with Crippen LogP contribution in [0.1, 0.15) is 36.2 Å². The van der Waals surface area contributed by atoms with Crippen LogP contribution < -0.4 is 0 Å². The second kappa shape index (κ2) is 11.4. The minimum Gasteiger partial charge on any atom is -0.340 e. The second-order valence-corrected chi connectivity index (χ2v) is 9.12. The van der Waals surface area contributed by atoms with Gasteiger partial charge in [0, 0.05) is 62.8 Å². The second-order valence-electron chi connectivity index (χ2n) is 8.68. The molecule has 1 fully saturated rings. The number of carbonyl (C=O) groups is 2. The lowest BCUT2D eigenvalue weighted by atomic mass is 10.1. The van der Waals surface area contributed by atoms with Gasteiger partial charge in [-0.25, -0.2) is 4.39 Å². The van der Waals surface area contributed by atoms with Crippen LogP contribution in [0.2, 0.25) is 5.02 Å². The first-order chi connectivity index (χ1) is 15.3. The zero-order valence-electron chi connectivity index (χ0n) is 18.8. The topological polar surface area (TPSA) is 43.9 Å². The molecule has 0 radical (unpaired) electrons. The van der Waals surface area contributed by atoms with Crippen LogP contribution in [0.3, 0.4) is 0 Å². The summed E-state index contributed by atoms with van der Waals surface area (Å²) < 4.78 is 13.3. The summed E-state index contributed by atoms with van der Waals surface area (Å²) in [6.45, 7) is 8.75. The van der Waals surface area contributed by atoms with Crippen LogP contribution in [0, 0.1) is 11.7 Å². The summed E-state index contributed by atoms with van der Waals surface area (Å²) in [6.07, 6.45) is 0.583. The molecule has 2 aromatic rings. The molecule has 2 amide bonds. The number of hydrogen-bond acceptors (Lipinski definition) is 3. The van der Waals surface area contributed by atoms with Crippen molar-refractivity contribution in [3.63, 3.8) is 0 Å². The number of amides is 2. The molecule has 0 spiro atoms. The van der Waals surface area contributed by atoms with E-state index in [1.165, 1.54) is 12.1 Å². The Labute approximate surface area is 194 Å². The van der Waals surface area contributed by atoms with Crippen molar-refractivity contribution in [2.24, 2.45) is 5.92 Å². The predicted octanol–water partition coefficient (Wildman–Crippen LogP) is 4.31. The molecule has 0 bridgehead atoms. The molecule has 0 saturated carbocycles. The molecule has 3 rings (SSSR count). The molecule has 1 saturated heterocycles. The van der Waals surface area contributed by atoms with E-state index in [9.17, 15) is 14.0 Å². The van der Waals surface area contributed by atoms with Crippen molar-refractivity contribution in [1.82, 2.24) is 14.7 Å². The quantitative estimate of drug-likeness (QED) is 0.590. The maximum atomic E-state index is 13.3. The van der Waals surface area contributed by atoms with Gasteiger partial charge in [0.05, 0.1) is 0 Å². The first-order valence-corrected chi connectivity index (χ1v) is 11.5. The van der Waals surface area contributed by atoms with Gasteiger partial charge in [0.15, 0.2) is 0 Å². The van der Waals surface area contributed by atoms with E-state index in [1.807, 2.05) is 4.90 Å². The number of nitrogens with zero attached hydrogens (tertiary/aromatic N) is 3. The van der Waals surface area contributed by atoms with Gasteiger partial charge in [-0.15, -0.1) is 0 Å². The third kappa shape index (κ3) is 7.04. The molecule has 32 heavy (non-hydrogen) atoms. The standard InChI is InChI=1S/C25H31ClFN3O2/c1-19(2)16-24(31)29-13-10-28(11-14-29)12-15-30(18-20-6-8-23(27)9-7-20)25(32)21-4-3-5-22(26)17-21/h3-9,17,19H,10-16,18H2,1-2H3. The summed E-state index contributed by atoms with van der Waals surface area (Å²) in [5, 5.41) is 0.514. The Morgan fingerprint density at radius 3 is 2.38 bits per heavy atom. The normalized spacial score (nSPS) is 14.6. The van der Waals surface area contributed by atoms with Gasteiger partial charge in [0.25, 0.3) is 5.91 Å². The fourth-order valence-corrected chi connectivity index (χ4v) is 4.02. The molecule has 0 N–H and O–H groups in total. The van der Waals surface area contributed by atoms with Gasteiger partial charge < -0.3 is 9.80 Å². The number of piperazine rings is 1. The predicted molar refractivity (Wildman–Crippen MR) is 125 cm³/mol. The summed E-state index contributed by atoms with van der Waals surface area (Å²) in [5.74, 6) is 0.167. The van der Waals surface area contributed by atoms with E-state index in [-0.39, 0.29) is 17.6 Å². The van der Waals surface area contributed by atoms with Crippen molar-refractivity contribution in [3.8, 4) is 0 Å². The highest BCUT2D eigenvalue weighted by molar-refractivity contribution is 6.30. The van der Waals surface area contributed by atoms with Gasteiger partial charge in [0.1, 0.15) is 5.82 Å². The molecular weight excluding hydrogens is 429 g/mol. The Balaban J connectivity index is 1.62. The first-order valence-electron chi connectivity index (χ1n) is 11.1. The van der Waals surface area contributed by atoms with Gasteiger partial charge in [0.2, 0.25) is 5.91 Å². The molecule has 0 aliphatic carbocycles. The van der Waals surface area contributed by atoms with Crippen molar-refractivity contribution in [1.29, 1.82) is 0 Å². The number of hydrogen-bond donors (Lipinski definition) is 0. The largest absolute Gasteiger partial charge is 0.340 e. The third-order valence-electron chi connectivity index (χ3n) is 5.64. The van der Waals surface area contributed by atoms with Gasteiger partial charge in [-0.1, -0.05) is 43.6 Å². The first kappa shape index (κ1) is 24.2. The maximum absolute atomic E-state index is 13.3. The van der Waals surface area contributed by atoms with E-state index in [4.69, 9.17) is 11.6 Å². The minimum atomic E-state index is -0.300. The molecule has 5 nitrogen and oxygen atoms in total. The zero-order chi connectivity index (χ0) is 23.1. The smallest absolute Gasteiger partial charge is 0.254 e. The highest BCUT2D eigenvalue weighted by Crippen LogP contribution is 2.16. The molecule has 1 aliphatic heterocycles. The van der Waals surface area contributed by atoms with Crippen molar-refractivity contribution in [3.05, 3.63) is 70.5 Å². The van der Waals surface area contributed by atoms with Crippen LogP contribution in [0.15, 0.2) is 48.5 Å². The zero-order valence-corrected chi connectivity index (χ0v) is 19.5. The lowest BCUT2D eigenvalue weighted by Gasteiger charge is -2.36. The van der Waals surface area contributed by atoms with Crippen molar-refractivity contribution < 1.29 is 14.0 Å². The fourth-order valence-electron chi connectivity index (χ4n) is 3.83. The Kier molecular flexibility index (Phi) is 8.65. The summed E-state index contributed by atoms with van der Waals surface area (Å²) in [7, 11) is 0. The molecule has 7 heteroatoms. The molecule has 0 unspecified atom stereocenters. The van der Waals surface area contributed by atoms with Crippen LogP contribution in [0.25, 0.3) is 0 Å². The van der Waals surface area contributed by atoms with Crippen LogP contribution in [0.5, 0.6) is 0 Å². The Morgan fingerprint density at radius 2 is 1.75 bits per heavy atom. The molecule has 172 valence electrons. The molecule has 1 heterocycles. The molecule has 0 atom stereocenters. The summed E-state index contributed by atoms with van der Waals surface area (Å²) >= 11 is 6.09. The van der Waals surface area contributed by atoms with Gasteiger partial charge in [-0.05, 0) is 41.8 Å². The summed E-state index contributed by atoms with van der Waals surface area (Å²) in [6, 6.07) is 13.1. The van der Waals surface area contributed by atoms with Crippen LogP contribution in [0.4, 0.5) is 4.39 Å². The number of halogens is 2. The summed E-state index contributed by atoms with van der Waals surface area (Å²) in [4.78, 5) is 31.5. The van der Waals surface area contributed by atoms with E-state index in [1.54, 1.807) is 41.3 Å². The van der Waals surface area contributed by atoms with E-state index in [0.717, 1.165) is 18.7 Å². The number of carbonyl (C=O) groups excluding carboxylic acids is 2. The Hall–Kier alpha value is -2.44. The number of rotatable bonds is 8. The fraction of sp³-hybridized carbons (Fsp3) is 0.440. The SMILES string of the molecule is CC(C)CC(=O)N1CCN(CCN(Cc2ccc(F)cc2)C(=O)c2cccc(Cl)c2)CC1. The molecule has 0 aromatic heterocycles. The highest BCUT2D eigenvalue weighted by Gasteiger charge is 2.23. The average molecular weight is 460 g/mol. The molecule has 1 aliphatic rings. The van der Waals surface area contributed by atoms with E-state index >= 15 is 0 Å².